The molecule has 1 aromatic heterocycles. The maximum Gasteiger partial charge on any atom is 0.279 e. The van der Waals surface area contributed by atoms with Crippen molar-refractivity contribution in [2.45, 2.75) is 43.2 Å². The minimum atomic E-state index is -0.465. The molecule has 1 aliphatic heterocycles. The van der Waals surface area contributed by atoms with E-state index in [-0.39, 0.29) is 29.8 Å². The van der Waals surface area contributed by atoms with Gasteiger partial charge in [0.15, 0.2) is 16.7 Å². The van der Waals surface area contributed by atoms with E-state index in [9.17, 15) is 14.0 Å². The molecule has 7 nitrogen and oxygen atoms in total. The molecule has 1 amide bonds. The first-order chi connectivity index (χ1) is 16.3. The van der Waals surface area contributed by atoms with Crippen LogP contribution in [0.1, 0.15) is 42.9 Å². The number of halogens is 1. The van der Waals surface area contributed by atoms with Crippen molar-refractivity contribution in [3.05, 3.63) is 75.3 Å². The van der Waals surface area contributed by atoms with Gasteiger partial charge in [-0.15, -0.1) is 0 Å². The minimum absolute atomic E-state index is 0.0248. The molecular formula is C25H26FN3O4S. The lowest BCUT2D eigenvalue weighted by Gasteiger charge is -2.28. The predicted molar refractivity (Wildman–Crippen MR) is 129 cm³/mol. The number of methoxy groups -OCH3 is 1. The van der Waals surface area contributed by atoms with Crippen molar-refractivity contribution in [3.8, 4) is 11.5 Å². The van der Waals surface area contributed by atoms with Gasteiger partial charge in [-0.1, -0.05) is 30.0 Å². The van der Waals surface area contributed by atoms with E-state index in [1.165, 1.54) is 23.9 Å². The van der Waals surface area contributed by atoms with Crippen molar-refractivity contribution < 1.29 is 18.7 Å². The van der Waals surface area contributed by atoms with Crippen molar-refractivity contribution in [2.75, 3.05) is 12.4 Å². The van der Waals surface area contributed by atoms with Gasteiger partial charge in [0, 0.05) is 25.1 Å². The Morgan fingerprint density at radius 3 is 2.59 bits per heavy atom. The van der Waals surface area contributed by atoms with E-state index in [2.05, 4.69) is 10.3 Å². The molecule has 0 fully saturated rings. The molecular weight excluding hydrogens is 457 g/mol. The molecule has 0 spiro atoms. The summed E-state index contributed by atoms with van der Waals surface area (Å²) in [5, 5.41) is 3.31. The number of aromatic nitrogens is 2. The largest absolute Gasteiger partial charge is 0.493 e. The van der Waals surface area contributed by atoms with E-state index < -0.39 is 5.92 Å². The molecule has 0 bridgehead atoms. The molecule has 0 saturated heterocycles. The predicted octanol–water partition coefficient (Wildman–Crippen LogP) is 4.48. The highest BCUT2D eigenvalue weighted by molar-refractivity contribution is 7.98. The van der Waals surface area contributed by atoms with Crippen LogP contribution in [0.4, 0.5) is 10.2 Å². The number of hydrogen-bond donors (Lipinski definition) is 1. The molecule has 178 valence electrons. The van der Waals surface area contributed by atoms with Gasteiger partial charge in [0.1, 0.15) is 11.6 Å². The second-order valence-corrected chi connectivity index (χ2v) is 9.26. The Hall–Kier alpha value is -3.33. The molecule has 1 N–H and O–H groups in total. The number of hydrogen-bond acceptors (Lipinski definition) is 6. The summed E-state index contributed by atoms with van der Waals surface area (Å²) < 4.78 is 26.2. The van der Waals surface area contributed by atoms with Gasteiger partial charge in [-0.05, 0) is 49.2 Å². The highest BCUT2D eigenvalue weighted by Gasteiger charge is 2.32. The number of carbonyl (C=O) groups is 1. The van der Waals surface area contributed by atoms with Crippen molar-refractivity contribution in [1.82, 2.24) is 9.55 Å². The fourth-order valence-corrected chi connectivity index (χ4v) is 4.85. The number of nitrogens with one attached hydrogen (secondary N) is 1. The lowest BCUT2D eigenvalue weighted by atomic mass is 9.86. The van der Waals surface area contributed by atoms with Gasteiger partial charge in [0.2, 0.25) is 5.91 Å². The summed E-state index contributed by atoms with van der Waals surface area (Å²) in [6, 6.07) is 11.6. The second-order valence-electron chi connectivity index (χ2n) is 8.32. The molecule has 0 unspecified atom stereocenters. The van der Waals surface area contributed by atoms with Gasteiger partial charge in [0.25, 0.3) is 5.56 Å². The Balaban J connectivity index is 1.69. The zero-order valence-corrected chi connectivity index (χ0v) is 20.2. The average Bonchev–Trinajstić information content (AvgIpc) is 2.80. The molecule has 0 saturated carbocycles. The Bertz CT molecular complexity index is 1270. The van der Waals surface area contributed by atoms with Crippen LogP contribution >= 0.6 is 11.8 Å². The molecule has 1 aliphatic rings. The number of ether oxygens (including phenoxy) is 2. The zero-order chi connectivity index (χ0) is 24.4. The van der Waals surface area contributed by atoms with Crippen molar-refractivity contribution in [2.24, 2.45) is 7.05 Å². The summed E-state index contributed by atoms with van der Waals surface area (Å²) in [7, 11) is 3.32. The monoisotopic (exact) mass is 483 g/mol. The fraction of sp³-hybridized carbons (Fsp3) is 0.320. The van der Waals surface area contributed by atoms with Crippen LogP contribution in [0.25, 0.3) is 0 Å². The standard InChI is InChI=1S/C25H26FN3O4S/c1-14(2)33-19-10-7-16(11-20(19)32-4)18-12-21(30)27-23-22(18)24(31)28-25(29(23)3)34-13-15-5-8-17(26)9-6-15/h5-11,14,18H,12-13H2,1-4H3,(H,27,30)/t18-/m1/s1. The smallest absolute Gasteiger partial charge is 0.279 e. The first kappa shape index (κ1) is 23.8. The third kappa shape index (κ3) is 4.94. The summed E-state index contributed by atoms with van der Waals surface area (Å²) in [4.78, 5) is 30.1. The fourth-order valence-electron chi connectivity index (χ4n) is 3.93. The number of fused-ring (bicyclic) bond motifs is 1. The van der Waals surface area contributed by atoms with E-state index >= 15 is 0 Å². The maximum absolute atomic E-state index is 13.2. The summed E-state index contributed by atoms with van der Waals surface area (Å²) in [5.41, 5.74) is 1.72. The summed E-state index contributed by atoms with van der Waals surface area (Å²) in [6.07, 6.45) is 0.0998. The van der Waals surface area contributed by atoms with Gasteiger partial charge in [-0.2, -0.15) is 4.98 Å². The van der Waals surface area contributed by atoms with Gasteiger partial charge >= 0.3 is 0 Å². The van der Waals surface area contributed by atoms with Crippen LogP contribution in [0, 0.1) is 5.82 Å². The van der Waals surface area contributed by atoms with Crippen LogP contribution in [0.3, 0.4) is 0 Å². The van der Waals surface area contributed by atoms with E-state index in [0.717, 1.165) is 11.1 Å². The molecule has 2 heterocycles. The molecule has 3 aromatic rings. The minimum Gasteiger partial charge on any atom is -0.493 e. The Kier molecular flexibility index (Phi) is 6.92. The summed E-state index contributed by atoms with van der Waals surface area (Å²) in [5.74, 6) is 1.12. The molecule has 0 radical (unpaired) electrons. The van der Waals surface area contributed by atoms with E-state index in [0.29, 0.717) is 33.8 Å². The van der Waals surface area contributed by atoms with E-state index in [4.69, 9.17) is 9.47 Å². The lowest BCUT2D eigenvalue weighted by molar-refractivity contribution is -0.116. The zero-order valence-electron chi connectivity index (χ0n) is 19.4. The Morgan fingerprint density at radius 2 is 1.91 bits per heavy atom. The third-order valence-electron chi connectivity index (χ3n) is 5.53. The second kappa shape index (κ2) is 9.89. The molecule has 4 rings (SSSR count). The molecule has 2 aromatic carbocycles. The number of nitrogens with zero attached hydrogens (tertiary/aromatic N) is 2. The molecule has 34 heavy (non-hydrogen) atoms. The third-order valence-corrected chi connectivity index (χ3v) is 6.64. The number of amides is 1. The SMILES string of the molecule is COc1cc([C@H]2CC(=O)Nc3c2c(=O)nc(SCc2ccc(F)cc2)n3C)ccc1OC(C)C. The normalized spacial score (nSPS) is 15.1. The number of thioether (sulfide) groups is 1. The maximum atomic E-state index is 13.2. The quantitative estimate of drug-likeness (QED) is 0.394. The molecule has 0 aliphatic carbocycles. The number of benzene rings is 2. The first-order valence-corrected chi connectivity index (χ1v) is 11.9. The number of carbonyl (C=O) groups excluding carboxylic acids is 1. The van der Waals surface area contributed by atoms with E-state index in [1.54, 1.807) is 43.0 Å². The van der Waals surface area contributed by atoms with Crippen LogP contribution in [-0.4, -0.2) is 28.7 Å². The summed E-state index contributed by atoms with van der Waals surface area (Å²) in [6.45, 7) is 3.85. The van der Waals surface area contributed by atoms with Gasteiger partial charge < -0.3 is 19.4 Å². The first-order valence-electron chi connectivity index (χ1n) is 10.9. The summed E-state index contributed by atoms with van der Waals surface area (Å²) >= 11 is 1.35. The van der Waals surface area contributed by atoms with Gasteiger partial charge in [-0.25, -0.2) is 4.39 Å². The molecule has 1 atom stereocenters. The van der Waals surface area contributed by atoms with Gasteiger partial charge in [0.05, 0.1) is 18.8 Å². The number of anilines is 1. The van der Waals surface area contributed by atoms with Crippen LogP contribution < -0.4 is 20.3 Å². The van der Waals surface area contributed by atoms with Crippen LogP contribution in [0.2, 0.25) is 0 Å². The van der Waals surface area contributed by atoms with Crippen LogP contribution in [-0.2, 0) is 17.6 Å². The topological polar surface area (TPSA) is 82.5 Å². The highest BCUT2D eigenvalue weighted by Crippen LogP contribution is 2.39. The average molecular weight is 484 g/mol. The lowest BCUT2D eigenvalue weighted by Crippen LogP contribution is -2.33. The van der Waals surface area contributed by atoms with E-state index in [1.807, 2.05) is 19.9 Å². The van der Waals surface area contributed by atoms with Crippen molar-refractivity contribution in [3.63, 3.8) is 0 Å². The van der Waals surface area contributed by atoms with Crippen LogP contribution in [0.15, 0.2) is 52.4 Å². The van der Waals surface area contributed by atoms with Crippen LogP contribution in [0.5, 0.6) is 11.5 Å². The van der Waals surface area contributed by atoms with Crippen molar-refractivity contribution in [1.29, 1.82) is 0 Å². The molecule has 9 heteroatoms. The van der Waals surface area contributed by atoms with Gasteiger partial charge in [-0.3, -0.25) is 9.59 Å². The van der Waals surface area contributed by atoms with Crippen molar-refractivity contribution >= 4 is 23.5 Å². The Labute approximate surface area is 201 Å². The number of rotatable bonds is 7. The Morgan fingerprint density at radius 1 is 1.18 bits per heavy atom. The highest BCUT2D eigenvalue weighted by atomic mass is 32.2.